The van der Waals surface area contributed by atoms with Crippen molar-refractivity contribution < 1.29 is 19.8 Å². The van der Waals surface area contributed by atoms with E-state index in [1.54, 1.807) is 0 Å². The zero-order valence-corrected chi connectivity index (χ0v) is 6.81. The van der Waals surface area contributed by atoms with E-state index in [-0.39, 0.29) is 0 Å². The number of rotatable bonds is 0. The smallest absolute Gasteiger partial charge is 0.402 e. The molecule has 1 heterocycles. The van der Waals surface area contributed by atoms with Gasteiger partial charge in [-0.15, -0.1) is 10.2 Å². The predicted octanol–water partition coefficient (Wildman–Crippen LogP) is -1.49. The van der Waals surface area contributed by atoms with E-state index in [1.165, 1.54) is 12.4 Å². The standard InChI is InChI=1S/C2H2N4.2CH3NO2/c1-2-4-6-5-3-1;2*2-1(3)4/h1-2H;2*2H2,(H,3,4). The summed E-state index contributed by atoms with van der Waals surface area (Å²) in [6, 6.07) is 0. The summed E-state index contributed by atoms with van der Waals surface area (Å²) in [7, 11) is 0. The fourth-order valence-corrected chi connectivity index (χ4v) is 0.165. The molecule has 1 aromatic rings. The Bertz CT molecular complexity index is 207. The van der Waals surface area contributed by atoms with Gasteiger partial charge in [0.2, 0.25) is 0 Å². The zero-order chi connectivity index (χ0) is 11.4. The Morgan fingerprint density at radius 2 is 1.14 bits per heavy atom. The maximum Gasteiger partial charge on any atom is 0.402 e. The van der Waals surface area contributed by atoms with Gasteiger partial charge in [-0.2, -0.15) is 0 Å². The first-order valence-corrected chi connectivity index (χ1v) is 2.88. The van der Waals surface area contributed by atoms with E-state index in [9.17, 15) is 0 Å². The number of aromatic nitrogens is 4. The van der Waals surface area contributed by atoms with E-state index in [0.29, 0.717) is 0 Å². The van der Waals surface area contributed by atoms with Crippen LogP contribution in [0.2, 0.25) is 0 Å². The molecule has 0 spiro atoms. The summed E-state index contributed by atoms with van der Waals surface area (Å²) in [6.07, 6.45) is 0.264. The highest BCUT2D eigenvalue weighted by atomic mass is 16.4. The number of primary amides is 2. The molecule has 0 aromatic carbocycles. The number of hydrogen-bond acceptors (Lipinski definition) is 6. The normalized spacial score (nSPS) is 6.86. The minimum Gasteiger partial charge on any atom is -0.465 e. The van der Waals surface area contributed by atoms with E-state index in [0.717, 1.165) is 0 Å². The van der Waals surface area contributed by atoms with Crippen LogP contribution in [-0.4, -0.2) is 43.0 Å². The highest BCUT2D eigenvalue weighted by Crippen LogP contribution is 1.53. The van der Waals surface area contributed by atoms with Crippen molar-refractivity contribution in [2.75, 3.05) is 0 Å². The Hall–Kier alpha value is -2.52. The van der Waals surface area contributed by atoms with Crippen molar-refractivity contribution in [1.82, 2.24) is 20.6 Å². The molecule has 1 rings (SSSR count). The molecule has 0 unspecified atom stereocenters. The van der Waals surface area contributed by atoms with Gasteiger partial charge in [0.15, 0.2) is 0 Å². The maximum absolute atomic E-state index is 8.78. The molecule has 0 saturated carbocycles. The molecule has 0 aliphatic rings. The van der Waals surface area contributed by atoms with Crippen LogP contribution >= 0.6 is 0 Å². The van der Waals surface area contributed by atoms with Crippen LogP contribution in [0.4, 0.5) is 9.59 Å². The average molecular weight is 204 g/mol. The van der Waals surface area contributed by atoms with Crippen LogP contribution < -0.4 is 11.5 Å². The lowest BCUT2D eigenvalue weighted by atomic mass is 11.0. The molecule has 1 aromatic heterocycles. The quantitative estimate of drug-likeness (QED) is 0.394. The summed E-state index contributed by atoms with van der Waals surface area (Å²) < 4.78 is 0. The average Bonchev–Trinajstić information content (AvgIpc) is 2.05. The van der Waals surface area contributed by atoms with Crippen LogP contribution in [0.1, 0.15) is 0 Å². The lowest BCUT2D eigenvalue weighted by Crippen LogP contribution is -2.03. The third-order valence-corrected chi connectivity index (χ3v) is 0.343. The Balaban J connectivity index is 0. The number of nitrogens with zero attached hydrogens (tertiary/aromatic N) is 4. The van der Waals surface area contributed by atoms with Crippen molar-refractivity contribution in [3.05, 3.63) is 12.4 Å². The second-order valence-electron chi connectivity index (χ2n) is 1.38. The van der Waals surface area contributed by atoms with E-state index in [2.05, 4.69) is 32.1 Å². The Morgan fingerprint density at radius 1 is 0.929 bits per heavy atom. The SMILES string of the molecule is NC(=O)O.NC(=O)O.c1cnnnn1. The first-order valence-electron chi connectivity index (χ1n) is 2.88. The third-order valence-electron chi connectivity index (χ3n) is 0.343. The number of carbonyl (C=O) groups is 2. The van der Waals surface area contributed by atoms with Crippen molar-refractivity contribution >= 4 is 12.2 Å². The molecule has 0 aliphatic heterocycles. The topological polar surface area (TPSA) is 178 Å². The highest BCUT2D eigenvalue weighted by molar-refractivity contribution is 5.61. The van der Waals surface area contributed by atoms with Gasteiger partial charge in [-0.25, -0.2) is 9.59 Å². The molecule has 6 N–H and O–H groups in total. The Morgan fingerprint density at radius 3 is 1.21 bits per heavy atom. The van der Waals surface area contributed by atoms with Gasteiger partial charge < -0.3 is 21.7 Å². The molecule has 78 valence electrons. The van der Waals surface area contributed by atoms with Gasteiger partial charge in [0.25, 0.3) is 0 Å². The molecule has 14 heavy (non-hydrogen) atoms. The first kappa shape index (κ1) is 14.0. The highest BCUT2D eigenvalue weighted by Gasteiger charge is 1.65. The fourth-order valence-electron chi connectivity index (χ4n) is 0.165. The van der Waals surface area contributed by atoms with Gasteiger partial charge in [-0.1, -0.05) is 0 Å². The van der Waals surface area contributed by atoms with Crippen molar-refractivity contribution in [3.8, 4) is 0 Å². The van der Waals surface area contributed by atoms with Crippen LogP contribution in [0.15, 0.2) is 12.4 Å². The lowest BCUT2D eigenvalue weighted by molar-refractivity contribution is 0.204. The summed E-state index contributed by atoms with van der Waals surface area (Å²) in [4.78, 5) is 17.6. The molecule has 0 atom stereocenters. The molecule has 10 nitrogen and oxygen atoms in total. The van der Waals surface area contributed by atoms with Crippen molar-refractivity contribution in [1.29, 1.82) is 0 Å². The van der Waals surface area contributed by atoms with E-state index in [4.69, 9.17) is 19.8 Å². The number of amides is 2. The van der Waals surface area contributed by atoms with Crippen molar-refractivity contribution in [3.63, 3.8) is 0 Å². The monoisotopic (exact) mass is 204 g/mol. The van der Waals surface area contributed by atoms with Crippen molar-refractivity contribution in [2.24, 2.45) is 11.5 Å². The van der Waals surface area contributed by atoms with Gasteiger partial charge in [0.1, 0.15) is 0 Å². The molecule has 10 heteroatoms. The van der Waals surface area contributed by atoms with Crippen LogP contribution in [-0.2, 0) is 0 Å². The molecule has 0 aliphatic carbocycles. The molecule has 0 saturated heterocycles. The third kappa shape index (κ3) is 56.3. The van der Waals surface area contributed by atoms with Crippen molar-refractivity contribution in [2.45, 2.75) is 0 Å². The van der Waals surface area contributed by atoms with Crippen LogP contribution in [0.3, 0.4) is 0 Å². The van der Waals surface area contributed by atoms with Gasteiger partial charge in [0.05, 0.1) is 12.4 Å². The Kier molecular flexibility index (Phi) is 10.5. The number of hydrogen-bond donors (Lipinski definition) is 4. The molecular formula is C4H8N6O4. The largest absolute Gasteiger partial charge is 0.465 e. The molecule has 0 radical (unpaired) electrons. The van der Waals surface area contributed by atoms with Crippen LogP contribution in [0.5, 0.6) is 0 Å². The number of carboxylic acid groups (broad SMARTS) is 2. The minimum atomic E-state index is -1.33. The number of nitrogens with two attached hydrogens (primary N) is 2. The summed E-state index contributed by atoms with van der Waals surface area (Å²) in [5.74, 6) is 0. The second-order valence-corrected chi connectivity index (χ2v) is 1.38. The minimum absolute atomic E-state index is 1.33. The van der Waals surface area contributed by atoms with Gasteiger partial charge >= 0.3 is 12.2 Å². The van der Waals surface area contributed by atoms with E-state index >= 15 is 0 Å². The zero-order valence-electron chi connectivity index (χ0n) is 6.81. The summed E-state index contributed by atoms with van der Waals surface area (Å²) >= 11 is 0. The molecule has 0 fully saturated rings. The summed E-state index contributed by atoms with van der Waals surface area (Å²) in [6.45, 7) is 0. The second kappa shape index (κ2) is 10.5. The van der Waals surface area contributed by atoms with Gasteiger partial charge in [-0.3, -0.25) is 0 Å². The maximum atomic E-state index is 8.78. The summed E-state index contributed by atoms with van der Waals surface area (Å²) in [5, 5.41) is 27.5. The molecule has 2 amide bonds. The van der Waals surface area contributed by atoms with Crippen LogP contribution in [0.25, 0.3) is 0 Å². The first-order chi connectivity index (χ1) is 6.46. The molecule has 0 bridgehead atoms. The van der Waals surface area contributed by atoms with Gasteiger partial charge in [-0.05, 0) is 10.4 Å². The van der Waals surface area contributed by atoms with Crippen LogP contribution in [0, 0.1) is 0 Å². The van der Waals surface area contributed by atoms with E-state index in [1.807, 2.05) is 0 Å². The molecular weight excluding hydrogens is 196 g/mol. The van der Waals surface area contributed by atoms with Gasteiger partial charge in [0, 0.05) is 0 Å². The fraction of sp³-hybridized carbons (Fsp3) is 0. The lowest BCUT2D eigenvalue weighted by Gasteiger charge is -1.67. The predicted molar refractivity (Wildman–Crippen MR) is 42.0 cm³/mol. The Labute approximate surface area is 77.5 Å². The van der Waals surface area contributed by atoms with E-state index < -0.39 is 12.2 Å². The summed E-state index contributed by atoms with van der Waals surface area (Å²) in [5.41, 5.74) is 8.06.